The first-order chi connectivity index (χ1) is 6.22. The molecule has 3 nitrogen and oxygen atoms in total. The lowest BCUT2D eigenvalue weighted by molar-refractivity contribution is 0.414. The first-order valence-corrected chi connectivity index (χ1v) is 5.63. The van der Waals surface area contributed by atoms with Gasteiger partial charge in [0.1, 0.15) is 5.75 Å². The van der Waals surface area contributed by atoms with Gasteiger partial charge < -0.3 is 9.63 Å². The summed E-state index contributed by atoms with van der Waals surface area (Å²) in [6.45, 7) is 0. The van der Waals surface area contributed by atoms with Gasteiger partial charge in [-0.3, -0.25) is 4.57 Å². The second-order valence-corrected chi connectivity index (χ2v) is 4.03. The highest BCUT2D eigenvalue weighted by atomic mass is 31.1. The van der Waals surface area contributed by atoms with Crippen LogP contribution < -0.4 is 4.74 Å². The van der Waals surface area contributed by atoms with E-state index in [1.807, 2.05) is 24.3 Å². The summed E-state index contributed by atoms with van der Waals surface area (Å²) in [4.78, 5) is 8.66. The van der Waals surface area contributed by atoms with Crippen LogP contribution in [0.25, 0.3) is 0 Å². The van der Waals surface area contributed by atoms with Gasteiger partial charge in [-0.1, -0.05) is 12.1 Å². The molecule has 1 rings (SSSR count). The summed E-state index contributed by atoms with van der Waals surface area (Å²) >= 11 is 0. The fourth-order valence-electron chi connectivity index (χ4n) is 1.08. The highest BCUT2D eigenvalue weighted by Gasteiger charge is 1.97. The van der Waals surface area contributed by atoms with E-state index in [9.17, 15) is 4.57 Å². The molecule has 1 aromatic carbocycles. The number of methoxy groups -OCH3 is 1. The Morgan fingerprint density at radius 2 is 2.31 bits per heavy atom. The normalized spacial score (nSPS) is 12.5. The van der Waals surface area contributed by atoms with Crippen LogP contribution in [0, 0.1) is 0 Å². The summed E-state index contributed by atoms with van der Waals surface area (Å²) in [6, 6.07) is 7.53. The summed E-state index contributed by atoms with van der Waals surface area (Å²) in [5.41, 5.74) is 1.03. The Bertz CT molecular complexity index is 299. The highest BCUT2D eigenvalue weighted by molar-refractivity contribution is 7.37. The minimum absolute atomic E-state index is 0.345. The fourth-order valence-corrected chi connectivity index (χ4v) is 1.58. The van der Waals surface area contributed by atoms with E-state index in [2.05, 4.69) is 0 Å². The minimum atomic E-state index is -2.34. The van der Waals surface area contributed by atoms with Gasteiger partial charge in [-0.15, -0.1) is 0 Å². The molecule has 0 bridgehead atoms. The Morgan fingerprint density at radius 1 is 1.54 bits per heavy atom. The standard InChI is InChI=1S/C9H13O3P/c1-12-9-4-2-3-8(7-9)5-6-13(10)11/h2-4,7,13H,5-6H2,1H3,(H,10,11). The van der Waals surface area contributed by atoms with E-state index in [0.717, 1.165) is 11.3 Å². The lowest BCUT2D eigenvalue weighted by atomic mass is 10.2. The molecule has 0 radical (unpaired) electrons. The predicted molar refractivity (Wildman–Crippen MR) is 52.8 cm³/mol. The molecule has 0 aliphatic rings. The fraction of sp³-hybridized carbons (Fsp3) is 0.333. The third kappa shape index (κ3) is 3.62. The van der Waals surface area contributed by atoms with Crippen molar-refractivity contribution < 1.29 is 14.2 Å². The zero-order valence-corrected chi connectivity index (χ0v) is 8.49. The molecule has 0 amide bonds. The molecule has 72 valence electrons. The molecule has 0 aromatic heterocycles. The zero-order valence-electron chi connectivity index (χ0n) is 7.49. The van der Waals surface area contributed by atoms with Crippen LogP contribution in [0.3, 0.4) is 0 Å². The first-order valence-electron chi connectivity index (χ1n) is 4.07. The number of rotatable bonds is 4. The van der Waals surface area contributed by atoms with E-state index in [1.165, 1.54) is 0 Å². The van der Waals surface area contributed by atoms with Crippen molar-refractivity contribution in [1.29, 1.82) is 0 Å². The van der Waals surface area contributed by atoms with Gasteiger partial charge in [-0.25, -0.2) is 0 Å². The number of hydrogen-bond donors (Lipinski definition) is 1. The Morgan fingerprint density at radius 3 is 2.92 bits per heavy atom. The number of benzene rings is 1. The van der Waals surface area contributed by atoms with Gasteiger partial charge in [0.2, 0.25) is 0 Å². The van der Waals surface area contributed by atoms with Crippen molar-refractivity contribution in [3.8, 4) is 5.75 Å². The summed E-state index contributed by atoms with van der Waals surface area (Å²) < 4.78 is 15.5. The van der Waals surface area contributed by atoms with Crippen LogP contribution >= 0.6 is 8.03 Å². The molecule has 1 atom stereocenters. The van der Waals surface area contributed by atoms with E-state index < -0.39 is 8.03 Å². The second kappa shape index (κ2) is 5.05. The maximum atomic E-state index is 10.5. The average molecular weight is 200 g/mol. The van der Waals surface area contributed by atoms with Crippen molar-refractivity contribution >= 4 is 8.03 Å². The third-order valence-corrected chi connectivity index (χ3v) is 2.44. The molecular weight excluding hydrogens is 187 g/mol. The van der Waals surface area contributed by atoms with Crippen molar-refractivity contribution in [1.82, 2.24) is 0 Å². The Kier molecular flexibility index (Phi) is 4.00. The van der Waals surface area contributed by atoms with Crippen molar-refractivity contribution in [3.63, 3.8) is 0 Å². The number of ether oxygens (including phenoxy) is 1. The van der Waals surface area contributed by atoms with E-state index >= 15 is 0 Å². The van der Waals surface area contributed by atoms with Crippen molar-refractivity contribution in [3.05, 3.63) is 29.8 Å². The van der Waals surface area contributed by atoms with Gasteiger partial charge in [-0.2, -0.15) is 0 Å². The maximum Gasteiger partial charge on any atom is 0.189 e. The molecule has 1 unspecified atom stereocenters. The molecule has 0 aliphatic carbocycles. The zero-order chi connectivity index (χ0) is 9.68. The van der Waals surface area contributed by atoms with Crippen molar-refractivity contribution in [2.24, 2.45) is 0 Å². The smallest absolute Gasteiger partial charge is 0.189 e. The van der Waals surface area contributed by atoms with Crippen molar-refractivity contribution in [2.45, 2.75) is 6.42 Å². The molecule has 0 spiro atoms. The van der Waals surface area contributed by atoms with Crippen LogP contribution in [-0.4, -0.2) is 18.2 Å². The summed E-state index contributed by atoms with van der Waals surface area (Å²) in [5.74, 6) is 0.787. The molecule has 0 saturated carbocycles. The number of hydrogen-bond acceptors (Lipinski definition) is 2. The van der Waals surface area contributed by atoms with Crippen molar-refractivity contribution in [2.75, 3.05) is 13.3 Å². The van der Waals surface area contributed by atoms with E-state index in [-0.39, 0.29) is 0 Å². The van der Waals surface area contributed by atoms with E-state index in [0.29, 0.717) is 12.6 Å². The summed E-state index contributed by atoms with van der Waals surface area (Å²) in [6.07, 6.45) is 0.976. The lowest BCUT2D eigenvalue weighted by Gasteiger charge is -2.02. The van der Waals surface area contributed by atoms with Crippen LogP contribution in [0.1, 0.15) is 5.56 Å². The molecular formula is C9H13O3P. The largest absolute Gasteiger partial charge is 0.497 e. The van der Waals surface area contributed by atoms with Crippen LogP contribution in [-0.2, 0) is 11.0 Å². The Hall–Kier alpha value is -0.790. The average Bonchev–Trinajstić information content (AvgIpc) is 2.15. The lowest BCUT2D eigenvalue weighted by Crippen LogP contribution is -1.89. The third-order valence-electron chi connectivity index (χ3n) is 1.76. The van der Waals surface area contributed by atoms with Crippen LogP contribution in [0.4, 0.5) is 0 Å². The molecule has 0 saturated heterocycles. The Labute approximate surface area is 78.2 Å². The molecule has 4 heteroatoms. The van der Waals surface area contributed by atoms with Crippen LogP contribution in [0.2, 0.25) is 0 Å². The van der Waals surface area contributed by atoms with Crippen LogP contribution in [0.15, 0.2) is 24.3 Å². The predicted octanol–water partition coefficient (Wildman–Crippen LogP) is 1.70. The van der Waals surface area contributed by atoms with Gasteiger partial charge in [0.15, 0.2) is 8.03 Å². The molecule has 1 aromatic rings. The quantitative estimate of drug-likeness (QED) is 0.752. The first kappa shape index (κ1) is 10.3. The molecule has 13 heavy (non-hydrogen) atoms. The van der Waals surface area contributed by atoms with E-state index in [4.69, 9.17) is 9.63 Å². The second-order valence-electron chi connectivity index (χ2n) is 2.75. The molecule has 1 N–H and O–H groups in total. The minimum Gasteiger partial charge on any atom is -0.497 e. The van der Waals surface area contributed by atoms with E-state index in [1.54, 1.807) is 7.11 Å². The topological polar surface area (TPSA) is 46.5 Å². The van der Waals surface area contributed by atoms with Gasteiger partial charge in [-0.05, 0) is 24.1 Å². The van der Waals surface area contributed by atoms with Gasteiger partial charge in [0, 0.05) is 6.16 Å². The SMILES string of the molecule is COc1cccc(CC[PH](=O)O)c1. The molecule has 0 fully saturated rings. The van der Waals surface area contributed by atoms with Gasteiger partial charge in [0.05, 0.1) is 7.11 Å². The number of aryl methyl sites for hydroxylation is 1. The monoisotopic (exact) mass is 200 g/mol. The highest BCUT2D eigenvalue weighted by Crippen LogP contribution is 2.18. The maximum absolute atomic E-state index is 10.5. The Balaban J connectivity index is 2.61. The van der Waals surface area contributed by atoms with Crippen LogP contribution in [0.5, 0.6) is 5.75 Å². The summed E-state index contributed by atoms with van der Waals surface area (Å²) in [7, 11) is -0.737. The summed E-state index contributed by atoms with van der Waals surface area (Å²) in [5, 5.41) is 0. The van der Waals surface area contributed by atoms with Gasteiger partial charge >= 0.3 is 0 Å². The molecule has 0 heterocycles. The molecule has 0 aliphatic heterocycles. The van der Waals surface area contributed by atoms with Gasteiger partial charge in [0.25, 0.3) is 0 Å².